The first-order chi connectivity index (χ1) is 9.49. The Morgan fingerprint density at radius 1 is 1.10 bits per heavy atom. The van der Waals surface area contributed by atoms with Gasteiger partial charge in [0.25, 0.3) is 0 Å². The molecule has 0 heterocycles. The Hall–Kier alpha value is -1.02. The van der Waals surface area contributed by atoms with E-state index in [9.17, 15) is 0 Å². The molecule has 2 atom stereocenters. The van der Waals surface area contributed by atoms with Crippen LogP contribution in [-0.4, -0.2) is 25.6 Å². The van der Waals surface area contributed by atoms with Crippen LogP contribution in [-0.2, 0) is 0 Å². The summed E-state index contributed by atoms with van der Waals surface area (Å²) >= 11 is 0. The van der Waals surface area contributed by atoms with Crippen LogP contribution in [0.5, 0.6) is 5.75 Å². The van der Waals surface area contributed by atoms with E-state index in [2.05, 4.69) is 64.0 Å². The SMILES string of the molecule is CC(C)[C@@H](C)[C@H](c1ccc(OCC2CC2)cc1)N(C)C. The summed E-state index contributed by atoms with van der Waals surface area (Å²) in [6, 6.07) is 9.17. The highest BCUT2D eigenvalue weighted by atomic mass is 16.5. The van der Waals surface area contributed by atoms with Crippen LogP contribution >= 0.6 is 0 Å². The van der Waals surface area contributed by atoms with Gasteiger partial charge >= 0.3 is 0 Å². The van der Waals surface area contributed by atoms with E-state index in [4.69, 9.17) is 4.74 Å². The largest absolute Gasteiger partial charge is 0.493 e. The van der Waals surface area contributed by atoms with Gasteiger partial charge in [0.05, 0.1) is 6.61 Å². The molecule has 1 aromatic rings. The van der Waals surface area contributed by atoms with Gasteiger partial charge in [-0.25, -0.2) is 0 Å². The molecule has 0 unspecified atom stereocenters. The van der Waals surface area contributed by atoms with Crippen molar-refractivity contribution in [1.29, 1.82) is 0 Å². The van der Waals surface area contributed by atoms with Crippen molar-refractivity contribution in [3.05, 3.63) is 29.8 Å². The van der Waals surface area contributed by atoms with Crippen LogP contribution in [0, 0.1) is 17.8 Å². The zero-order chi connectivity index (χ0) is 14.7. The molecule has 112 valence electrons. The zero-order valence-electron chi connectivity index (χ0n) is 13.6. The highest BCUT2D eigenvalue weighted by molar-refractivity contribution is 5.29. The molecule has 1 aliphatic rings. The third-order valence-corrected chi connectivity index (χ3v) is 4.51. The minimum Gasteiger partial charge on any atom is -0.493 e. The predicted octanol–water partition coefficient (Wildman–Crippen LogP) is 4.37. The van der Waals surface area contributed by atoms with Crippen molar-refractivity contribution in [2.45, 2.75) is 39.7 Å². The molecule has 20 heavy (non-hydrogen) atoms. The van der Waals surface area contributed by atoms with Crippen molar-refractivity contribution in [2.24, 2.45) is 17.8 Å². The number of nitrogens with zero attached hydrogens (tertiary/aromatic N) is 1. The van der Waals surface area contributed by atoms with Crippen LogP contribution in [0.3, 0.4) is 0 Å². The Morgan fingerprint density at radius 2 is 1.70 bits per heavy atom. The average molecular weight is 275 g/mol. The summed E-state index contributed by atoms with van der Waals surface area (Å²) in [7, 11) is 4.34. The Bertz CT molecular complexity index is 406. The first-order valence-corrected chi connectivity index (χ1v) is 7.88. The third kappa shape index (κ3) is 3.99. The summed E-state index contributed by atoms with van der Waals surface area (Å²) in [4.78, 5) is 2.32. The highest BCUT2D eigenvalue weighted by Crippen LogP contribution is 2.33. The van der Waals surface area contributed by atoms with Crippen molar-refractivity contribution < 1.29 is 4.74 Å². The van der Waals surface area contributed by atoms with E-state index in [-0.39, 0.29) is 0 Å². The van der Waals surface area contributed by atoms with Gasteiger partial charge in [-0.2, -0.15) is 0 Å². The van der Waals surface area contributed by atoms with Crippen molar-refractivity contribution in [2.75, 3.05) is 20.7 Å². The quantitative estimate of drug-likeness (QED) is 0.732. The summed E-state index contributed by atoms with van der Waals surface area (Å²) in [5.74, 6) is 3.12. The molecule has 1 saturated carbocycles. The molecule has 0 saturated heterocycles. The topological polar surface area (TPSA) is 12.5 Å². The van der Waals surface area contributed by atoms with Gasteiger partial charge < -0.3 is 9.64 Å². The molecule has 0 N–H and O–H groups in total. The first kappa shape index (κ1) is 15.4. The first-order valence-electron chi connectivity index (χ1n) is 7.88. The number of hydrogen-bond acceptors (Lipinski definition) is 2. The molecule has 0 radical (unpaired) electrons. The van der Waals surface area contributed by atoms with Crippen LogP contribution in [0.1, 0.15) is 45.2 Å². The fraction of sp³-hybridized carbons (Fsp3) is 0.667. The second-order valence-electron chi connectivity index (χ2n) is 6.83. The van der Waals surface area contributed by atoms with E-state index >= 15 is 0 Å². The summed E-state index contributed by atoms with van der Waals surface area (Å²) in [6.45, 7) is 7.83. The van der Waals surface area contributed by atoms with E-state index in [0.29, 0.717) is 17.9 Å². The number of hydrogen-bond donors (Lipinski definition) is 0. The summed E-state index contributed by atoms with van der Waals surface area (Å²) in [6.07, 6.45) is 2.68. The third-order valence-electron chi connectivity index (χ3n) is 4.51. The molecule has 0 bridgehead atoms. The minimum absolute atomic E-state index is 0.465. The van der Waals surface area contributed by atoms with Gasteiger partial charge in [0.2, 0.25) is 0 Å². The fourth-order valence-corrected chi connectivity index (χ4v) is 2.70. The number of benzene rings is 1. The van der Waals surface area contributed by atoms with Crippen LogP contribution in [0.15, 0.2) is 24.3 Å². The van der Waals surface area contributed by atoms with Gasteiger partial charge in [0, 0.05) is 6.04 Å². The molecule has 1 aromatic carbocycles. The van der Waals surface area contributed by atoms with Gasteiger partial charge in [-0.05, 0) is 62.4 Å². The summed E-state index contributed by atoms with van der Waals surface area (Å²) < 4.78 is 5.82. The fourth-order valence-electron chi connectivity index (χ4n) is 2.70. The molecule has 0 aromatic heterocycles. The van der Waals surface area contributed by atoms with Crippen LogP contribution in [0.25, 0.3) is 0 Å². The van der Waals surface area contributed by atoms with Gasteiger partial charge in [-0.1, -0.05) is 32.9 Å². The molecule has 2 heteroatoms. The molecule has 1 aliphatic carbocycles. The van der Waals surface area contributed by atoms with Crippen LogP contribution in [0.4, 0.5) is 0 Å². The summed E-state index contributed by atoms with van der Waals surface area (Å²) in [5, 5.41) is 0. The Morgan fingerprint density at radius 3 is 2.15 bits per heavy atom. The molecule has 0 amide bonds. The molecule has 1 fully saturated rings. The normalized spacial score (nSPS) is 18.4. The van der Waals surface area contributed by atoms with Crippen LogP contribution < -0.4 is 4.74 Å². The monoisotopic (exact) mass is 275 g/mol. The standard InChI is InChI=1S/C18H29NO/c1-13(2)14(3)18(19(4)5)16-8-10-17(11-9-16)20-12-15-6-7-15/h8-11,13-15,18H,6-7,12H2,1-5H3/t14-,18-/m1/s1. The molecule has 0 aliphatic heterocycles. The van der Waals surface area contributed by atoms with Gasteiger partial charge in [-0.15, -0.1) is 0 Å². The predicted molar refractivity (Wildman–Crippen MR) is 85.1 cm³/mol. The van der Waals surface area contributed by atoms with E-state index < -0.39 is 0 Å². The Labute approximate surface area is 124 Å². The Kier molecular flexibility index (Phi) is 5.09. The lowest BCUT2D eigenvalue weighted by Crippen LogP contribution is -2.28. The van der Waals surface area contributed by atoms with Gasteiger partial charge in [0.1, 0.15) is 5.75 Å². The van der Waals surface area contributed by atoms with Crippen molar-refractivity contribution in [3.8, 4) is 5.75 Å². The molecular weight excluding hydrogens is 246 g/mol. The van der Waals surface area contributed by atoms with E-state index in [1.54, 1.807) is 0 Å². The molecule has 2 rings (SSSR count). The minimum atomic E-state index is 0.465. The molecular formula is C18H29NO. The zero-order valence-corrected chi connectivity index (χ0v) is 13.6. The van der Waals surface area contributed by atoms with Crippen molar-refractivity contribution in [3.63, 3.8) is 0 Å². The van der Waals surface area contributed by atoms with Crippen LogP contribution in [0.2, 0.25) is 0 Å². The number of rotatable bonds is 7. The van der Waals surface area contributed by atoms with E-state index in [0.717, 1.165) is 18.3 Å². The average Bonchev–Trinajstić information content (AvgIpc) is 3.21. The lowest BCUT2D eigenvalue weighted by molar-refractivity contribution is 0.184. The highest BCUT2D eigenvalue weighted by Gasteiger charge is 2.24. The smallest absolute Gasteiger partial charge is 0.119 e. The maximum absolute atomic E-state index is 5.82. The summed E-state index contributed by atoms with van der Waals surface area (Å²) in [5.41, 5.74) is 1.38. The second kappa shape index (κ2) is 6.62. The van der Waals surface area contributed by atoms with Crippen molar-refractivity contribution >= 4 is 0 Å². The van der Waals surface area contributed by atoms with Gasteiger partial charge in [-0.3, -0.25) is 0 Å². The lowest BCUT2D eigenvalue weighted by atomic mass is 9.85. The second-order valence-corrected chi connectivity index (χ2v) is 6.83. The molecule has 2 nitrogen and oxygen atoms in total. The molecule has 0 spiro atoms. The van der Waals surface area contributed by atoms with Gasteiger partial charge in [0.15, 0.2) is 0 Å². The lowest BCUT2D eigenvalue weighted by Gasteiger charge is -2.33. The van der Waals surface area contributed by atoms with E-state index in [1.807, 2.05) is 0 Å². The maximum atomic E-state index is 5.82. The number of ether oxygens (including phenoxy) is 1. The van der Waals surface area contributed by atoms with Crippen molar-refractivity contribution in [1.82, 2.24) is 4.90 Å². The maximum Gasteiger partial charge on any atom is 0.119 e. The Balaban J connectivity index is 2.04. The van der Waals surface area contributed by atoms with E-state index in [1.165, 1.54) is 18.4 Å².